The molecule has 0 bridgehead atoms. The van der Waals surface area contributed by atoms with Gasteiger partial charge in [-0.3, -0.25) is 14.4 Å². The van der Waals surface area contributed by atoms with Crippen LogP contribution in [0.3, 0.4) is 0 Å². The molecule has 1 heterocycles. The van der Waals surface area contributed by atoms with Crippen molar-refractivity contribution in [1.29, 1.82) is 0 Å². The second kappa shape index (κ2) is 10.1. The average molecular weight is 491 g/mol. The minimum atomic E-state index is -1.01. The number of esters is 1. The van der Waals surface area contributed by atoms with E-state index in [-0.39, 0.29) is 18.9 Å². The van der Waals surface area contributed by atoms with Gasteiger partial charge in [-0.1, -0.05) is 47.5 Å². The van der Waals surface area contributed by atoms with Crippen LogP contribution in [0.25, 0.3) is 0 Å². The van der Waals surface area contributed by atoms with E-state index in [0.29, 0.717) is 27.4 Å². The molecule has 4 rings (SSSR count). The molecule has 0 aromatic heterocycles. The average Bonchev–Trinajstić information content (AvgIpc) is 3.16. The fourth-order valence-corrected chi connectivity index (χ4v) is 4.19. The van der Waals surface area contributed by atoms with Gasteiger partial charge in [-0.25, -0.2) is 9.69 Å². The quantitative estimate of drug-likeness (QED) is 0.377. The maximum absolute atomic E-state index is 13.6. The van der Waals surface area contributed by atoms with Crippen LogP contribution in [0.2, 0.25) is 5.02 Å². The number of hydrogen-bond acceptors (Lipinski definition) is 5. The summed E-state index contributed by atoms with van der Waals surface area (Å²) in [5.41, 5.74) is 2.67. The highest BCUT2D eigenvalue weighted by Crippen LogP contribution is 2.29. The molecule has 178 valence electrons. The standard InChI is InChI=1S/C27H23ClN2O5/c1-17-7-9-18(10-8-17)25(32)29(16-20-5-3-4-6-22(20)28)23-15-24(31)30(26(23)33)21-13-11-19(12-14-21)27(34)35-2/h3-14,23H,15-16H2,1-2H3. The van der Waals surface area contributed by atoms with Gasteiger partial charge in [0.2, 0.25) is 5.91 Å². The Morgan fingerprint density at radius 2 is 1.60 bits per heavy atom. The Morgan fingerprint density at radius 1 is 0.971 bits per heavy atom. The number of benzene rings is 3. The Hall–Kier alpha value is -3.97. The van der Waals surface area contributed by atoms with E-state index in [2.05, 4.69) is 0 Å². The van der Waals surface area contributed by atoms with Gasteiger partial charge in [0.1, 0.15) is 6.04 Å². The van der Waals surface area contributed by atoms with Crippen molar-refractivity contribution < 1.29 is 23.9 Å². The second-order valence-electron chi connectivity index (χ2n) is 8.22. The number of methoxy groups -OCH3 is 1. The van der Waals surface area contributed by atoms with E-state index < -0.39 is 23.8 Å². The molecule has 0 spiro atoms. The van der Waals surface area contributed by atoms with Gasteiger partial charge in [-0.2, -0.15) is 0 Å². The van der Waals surface area contributed by atoms with Gasteiger partial charge >= 0.3 is 5.97 Å². The molecular weight excluding hydrogens is 468 g/mol. The minimum Gasteiger partial charge on any atom is -0.465 e. The summed E-state index contributed by atoms with van der Waals surface area (Å²) in [5, 5.41) is 0.459. The number of rotatable bonds is 6. The largest absolute Gasteiger partial charge is 0.465 e. The minimum absolute atomic E-state index is 0.0607. The van der Waals surface area contributed by atoms with Crippen LogP contribution in [0.1, 0.15) is 38.3 Å². The van der Waals surface area contributed by atoms with E-state index in [1.165, 1.54) is 36.3 Å². The van der Waals surface area contributed by atoms with Crippen molar-refractivity contribution in [2.24, 2.45) is 0 Å². The number of ether oxygens (including phenoxy) is 1. The fraction of sp³-hybridized carbons (Fsp3) is 0.185. The summed E-state index contributed by atoms with van der Waals surface area (Å²) < 4.78 is 4.69. The van der Waals surface area contributed by atoms with E-state index in [0.717, 1.165) is 10.5 Å². The molecule has 1 unspecified atom stereocenters. The van der Waals surface area contributed by atoms with E-state index in [9.17, 15) is 19.2 Å². The zero-order chi connectivity index (χ0) is 25.1. The highest BCUT2D eigenvalue weighted by atomic mass is 35.5. The highest BCUT2D eigenvalue weighted by molar-refractivity contribution is 6.31. The Bertz CT molecular complexity index is 1290. The third-order valence-corrected chi connectivity index (χ3v) is 6.27. The van der Waals surface area contributed by atoms with Gasteiger partial charge in [-0.05, 0) is 55.0 Å². The summed E-state index contributed by atoms with van der Waals surface area (Å²) in [4.78, 5) is 54.2. The first-order valence-corrected chi connectivity index (χ1v) is 11.3. The lowest BCUT2D eigenvalue weighted by molar-refractivity contribution is -0.122. The topological polar surface area (TPSA) is 84.0 Å². The normalized spacial score (nSPS) is 15.3. The molecule has 0 N–H and O–H groups in total. The number of carbonyl (C=O) groups excluding carboxylic acids is 4. The number of aryl methyl sites for hydroxylation is 1. The molecule has 3 aromatic rings. The molecule has 3 amide bonds. The molecule has 0 saturated carbocycles. The van der Waals surface area contributed by atoms with Crippen molar-refractivity contribution >= 4 is 41.0 Å². The number of carbonyl (C=O) groups is 4. The fourth-order valence-electron chi connectivity index (χ4n) is 3.99. The Kier molecular flexibility index (Phi) is 6.98. The maximum Gasteiger partial charge on any atom is 0.337 e. The van der Waals surface area contributed by atoms with Gasteiger partial charge < -0.3 is 9.64 Å². The van der Waals surface area contributed by atoms with Crippen LogP contribution in [0.5, 0.6) is 0 Å². The number of anilines is 1. The van der Waals surface area contributed by atoms with Crippen molar-refractivity contribution in [3.63, 3.8) is 0 Å². The molecule has 0 aliphatic carbocycles. The summed E-state index contributed by atoms with van der Waals surface area (Å²) in [6.07, 6.45) is -0.167. The molecule has 1 atom stereocenters. The molecule has 1 aliphatic rings. The Morgan fingerprint density at radius 3 is 2.23 bits per heavy atom. The van der Waals surface area contributed by atoms with Crippen molar-refractivity contribution in [1.82, 2.24) is 4.90 Å². The number of imide groups is 1. The van der Waals surface area contributed by atoms with Crippen LogP contribution in [-0.4, -0.2) is 41.7 Å². The van der Waals surface area contributed by atoms with Gasteiger partial charge in [0.25, 0.3) is 11.8 Å². The van der Waals surface area contributed by atoms with Crippen LogP contribution >= 0.6 is 11.6 Å². The zero-order valence-corrected chi connectivity index (χ0v) is 20.0. The summed E-state index contributed by atoms with van der Waals surface area (Å²) in [6.45, 7) is 1.98. The predicted molar refractivity (Wildman–Crippen MR) is 131 cm³/mol. The van der Waals surface area contributed by atoms with Gasteiger partial charge in [0.05, 0.1) is 24.8 Å². The first-order chi connectivity index (χ1) is 16.8. The molecule has 1 aliphatic heterocycles. The van der Waals surface area contributed by atoms with Crippen LogP contribution < -0.4 is 4.90 Å². The van der Waals surface area contributed by atoms with Crippen molar-refractivity contribution in [3.05, 3.63) is 100 Å². The number of amides is 3. The first-order valence-electron chi connectivity index (χ1n) is 11.0. The molecular formula is C27H23ClN2O5. The molecule has 8 heteroatoms. The molecule has 3 aromatic carbocycles. The summed E-state index contributed by atoms with van der Waals surface area (Å²) >= 11 is 6.35. The summed E-state index contributed by atoms with van der Waals surface area (Å²) in [7, 11) is 1.27. The first kappa shape index (κ1) is 24.2. The van der Waals surface area contributed by atoms with Gasteiger partial charge in [-0.15, -0.1) is 0 Å². The van der Waals surface area contributed by atoms with Crippen molar-refractivity contribution in [3.8, 4) is 0 Å². The van der Waals surface area contributed by atoms with E-state index >= 15 is 0 Å². The second-order valence-corrected chi connectivity index (χ2v) is 8.62. The lowest BCUT2D eigenvalue weighted by atomic mass is 10.1. The summed E-state index contributed by atoms with van der Waals surface area (Å²) in [6, 6.07) is 19.1. The molecule has 1 saturated heterocycles. The van der Waals surface area contributed by atoms with Crippen LogP contribution in [-0.2, 0) is 20.9 Å². The third kappa shape index (κ3) is 4.95. The lowest BCUT2D eigenvalue weighted by Crippen LogP contribution is -2.45. The lowest BCUT2D eigenvalue weighted by Gasteiger charge is -2.28. The molecule has 7 nitrogen and oxygen atoms in total. The van der Waals surface area contributed by atoms with Crippen LogP contribution in [0.15, 0.2) is 72.8 Å². The monoisotopic (exact) mass is 490 g/mol. The number of hydrogen-bond donors (Lipinski definition) is 0. The SMILES string of the molecule is COC(=O)c1ccc(N2C(=O)CC(N(Cc3ccccc3Cl)C(=O)c3ccc(C)cc3)C2=O)cc1. The zero-order valence-electron chi connectivity index (χ0n) is 19.2. The van der Waals surface area contributed by atoms with Crippen LogP contribution in [0, 0.1) is 6.92 Å². The van der Waals surface area contributed by atoms with Crippen molar-refractivity contribution in [2.45, 2.75) is 25.9 Å². The van der Waals surface area contributed by atoms with E-state index in [4.69, 9.17) is 16.3 Å². The number of halogens is 1. The molecule has 35 heavy (non-hydrogen) atoms. The molecule has 1 fully saturated rings. The van der Waals surface area contributed by atoms with Gasteiger partial charge in [0, 0.05) is 17.1 Å². The Labute approximate surface area is 207 Å². The van der Waals surface area contributed by atoms with E-state index in [1.807, 2.05) is 19.1 Å². The summed E-state index contributed by atoms with van der Waals surface area (Å²) in [5.74, 6) is -1.86. The van der Waals surface area contributed by atoms with Crippen molar-refractivity contribution in [2.75, 3.05) is 12.0 Å². The van der Waals surface area contributed by atoms with Gasteiger partial charge in [0.15, 0.2) is 0 Å². The maximum atomic E-state index is 13.6. The number of nitrogens with zero attached hydrogens (tertiary/aromatic N) is 2. The Balaban J connectivity index is 1.67. The van der Waals surface area contributed by atoms with E-state index in [1.54, 1.807) is 36.4 Å². The highest BCUT2D eigenvalue weighted by Gasteiger charge is 2.44. The molecule has 0 radical (unpaired) electrons. The third-order valence-electron chi connectivity index (χ3n) is 5.90. The van der Waals surface area contributed by atoms with Crippen LogP contribution in [0.4, 0.5) is 5.69 Å². The smallest absolute Gasteiger partial charge is 0.337 e. The predicted octanol–water partition coefficient (Wildman–Crippen LogP) is 4.41.